The molecule has 0 saturated carbocycles. The third-order valence-corrected chi connectivity index (χ3v) is 5.90. The Labute approximate surface area is 188 Å². The first-order chi connectivity index (χ1) is 15.3. The van der Waals surface area contributed by atoms with Crippen molar-refractivity contribution in [2.75, 3.05) is 31.1 Å². The zero-order valence-electron chi connectivity index (χ0n) is 18.8. The lowest BCUT2D eigenvalue weighted by atomic mass is 10.1. The molecule has 2 aromatic carbocycles. The SMILES string of the molecule is Cc1ccc2c(N3CC[C@H](CN(CC(C)C)C(=O)O)C3)nc(-c3ccccc3O)nc2c1. The van der Waals surface area contributed by atoms with Crippen LogP contribution < -0.4 is 4.90 Å². The number of aromatic nitrogens is 2. The largest absolute Gasteiger partial charge is 0.507 e. The third kappa shape index (κ3) is 4.61. The predicted octanol–water partition coefficient (Wildman–Crippen LogP) is 4.77. The van der Waals surface area contributed by atoms with Gasteiger partial charge in [0, 0.05) is 31.6 Å². The van der Waals surface area contributed by atoms with Crippen LogP contribution in [0, 0.1) is 18.8 Å². The van der Waals surface area contributed by atoms with Crippen molar-refractivity contribution in [3.8, 4) is 17.1 Å². The van der Waals surface area contributed by atoms with E-state index >= 15 is 0 Å². The molecule has 0 bridgehead atoms. The van der Waals surface area contributed by atoms with Crippen LogP contribution in [0.15, 0.2) is 42.5 Å². The molecule has 1 atom stereocenters. The molecule has 168 valence electrons. The van der Waals surface area contributed by atoms with Crippen LogP contribution >= 0.6 is 0 Å². The van der Waals surface area contributed by atoms with Crippen LogP contribution in [0.25, 0.3) is 22.3 Å². The minimum absolute atomic E-state index is 0.149. The van der Waals surface area contributed by atoms with E-state index in [1.165, 1.54) is 4.90 Å². The van der Waals surface area contributed by atoms with Gasteiger partial charge in [0.05, 0.1) is 11.1 Å². The Kier molecular flexibility index (Phi) is 6.17. The Bertz CT molecular complexity index is 1130. The van der Waals surface area contributed by atoms with E-state index in [9.17, 15) is 15.0 Å². The van der Waals surface area contributed by atoms with E-state index < -0.39 is 6.09 Å². The van der Waals surface area contributed by atoms with Crippen molar-refractivity contribution in [2.24, 2.45) is 11.8 Å². The van der Waals surface area contributed by atoms with E-state index in [2.05, 4.69) is 11.0 Å². The number of aryl methyl sites for hydroxylation is 1. The number of carboxylic acid groups (broad SMARTS) is 1. The second kappa shape index (κ2) is 9.02. The number of phenolic OH excluding ortho intramolecular Hbond substituents is 1. The molecule has 1 fully saturated rings. The fraction of sp³-hybridized carbons (Fsp3) is 0.400. The lowest BCUT2D eigenvalue weighted by molar-refractivity contribution is 0.132. The molecule has 1 aliphatic heterocycles. The molecule has 1 aliphatic rings. The van der Waals surface area contributed by atoms with Crippen molar-refractivity contribution in [3.63, 3.8) is 0 Å². The minimum atomic E-state index is -0.859. The first kappa shape index (κ1) is 21.9. The summed E-state index contributed by atoms with van der Waals surface area (Å²) < 4.78 is 0. The van der Waals surface area contributed by atoms with Crippen LogP contribution in [0.1, 0.15) is 25.8 Å². The second-order valence-corrected chi connectivity index (χ2v) is 9.09. The standard InChI is InChI=1S/C25H30N4O3/c1-16(2)13-29(25(31)32)15-18-10-11-28(14-18)24-19-9-8-17(3)12-21(19)26-23(27-24)20-6-4-5-7-22(20)30/h4-9,12,16,18,30H,10-11,13-15H2,1-3H3,(H,31,32)/t18-/m0/s1. The fourth-order valence-electron chi connectivity index (χ4n) is 4.40. The molecule has 3 aromatic rings. The van der Waals surface area contributed by atoms with Crippen molar-refractivity contribution < 1.29 is 15.0 Å². The van der Waals surface area contributed by atoms with Crippen molar-refractivity contribution in [3.05, 3.63) is 48.0 Å². The summed E-state index contributed by atoms with van der Waals surface area (Å²) in [6, 6.07) is 13.2. The molecule has 4 rings (SSSR count). The molecule has 0 radical (unpaired) electrons. The van der Waals surface area contributed by atoms with Gasteiger partial charge >= 0.3 is 6.09 Å². The van der Waals surface area contributed by atoms with Gasteiger partial charge in [0.2, 0.25) is 0 Å². The van der Waals surface area contributed by atoms with Gasteiger partial charge in [-0.1, -0.05) is 32.0 Å². The first-order valence-electron chi connectivity index (χ1n) is 11.1. The Morgan fingerprint density at radius 3 is 2.72 bits per heavy atom. The lowest BCUT2D eigenvalue weighted by Gasteiger charge is -2.25. The summed E-state index contributed by atoms with van der Waals surface area (Å²) in [5, 5.41) is 20.9. The molecule has 0 spiro atoms. The van der Waals surface area contributed by atoms with Gasteiger partial charge in [0.15, 0.2) is 5.82 Å². The van der Waals surface area contributed by atoms with E-state index in [0.29, 0.717) is 30.4 Å². The number of benzene rings is 2. The summed E-state index contributed by atoms with van der Waals surface area (Å²) in [7, 11) is 0. The van der Waals surface area contributed by atoms with Crippen LogP contribution in [-0.4, -0.2) is 57.4 Å². The van der Waals surface area contributed by atoms with Crippen LogP contribution in [0.2, 0.25) is 0 Å². The summed E-state index contributed by atoms with van der Waals surface area (Å²) in [5.74, 6) is 2.01. The molecule has 0 aliphatic carbocycles. The van der Waals surface area contributed by atoms with E-state index in [0.717, 1.165) is 41.8 Å². The summed E-state index contributed by atoms with van der Waals surface area (Å²) >= 11 is 0. The number of phenols is 1. The van der Waals surface area contributed by atoms with Gasteiger partial charge in [-0.25, -0.2) is 14.8 Å². The maximum Gasteiger partial charge on any atom is 0.407 e. The van der Waals surface area contributed by atoms with Crippen LogP contribution in [-0.2, 0) is 0 Å². The number of rotatable bonds is 6. The number of fused-ring (bicyclic) bond motifs is 1. The molecular formula is C25H30N4O3. The van der Waals surface area contributed by atoms with Gasteiger partial charge in [0.25, 0.3) is 0 Å². The lowest BCUT2D eigenvalue weighted by Crippen LogP contribution is -2.37. The molecule has 1 amide bonds. The third-order valence-electron chi connectivity index (χ3n) is 5.90. The van der Waals surface area contributed by atoms with E-state index in [1.54, 1.807) is 12.1 Å². The number of aromatic hydroxyl groups is 1. The zero-order chi connectivity index (χ0) is 22.8. The summed E-state index contributed by atoms with van der Waals surface area (Å²) in [6.07, 6.45) is 0.0486. The minimum Gasteiger partial charge on any atom is -0.507 e. The average molecular weight is 435 g/mol. The summed E-state index contributed by atoms with van der Waals surface area (Å²) in [4.78, 5) is 25.0. The monoisotopic (exact) mass is 434 g/mol. The van der Waals surface area contributed by atoms with Crippen LogP contribution in [0.3, 0.4) is 0 Å². The Balaban J connectivity index is 1.67. The molecule has 2 heterocycles. The van der Waals surface area contributed by atoms with Gasteiger partial charge in [-0.05, 0) is 55.0 Å². The van der Waals surface area contributed by atoms with E-state index in [4.69, 9.17) is 9.97 Å². The average Bonchev–Trinajstić information content (AvgIpc) is 3.20. The maximum atomic E-state index is 11.7. The highest BCUT2D eigenvalue weighted by atomic mass is 16.4. The number of anilines is 1. The summed E-state index contributed by atoms with van der Waals surface area (Å²) in [6.45, 7) is 8.71. The molecule has 1 aromatic heterocycles. The molecule has 2 N–H and O–H groups in total. The first-order valence-corrected chi connectivity index (χ1v) is 11.1. The van der Waals surface area contributed by atoms with Gasteiger partial charge < -0.3 is 20.0 Å². The van der Waals surface area contributed by atoms with Gasteiger partial charge in [-0.3, -0.25) is 0 Å². The number of nitrogens with zero attached hydrogens (tertiary/aromatic N) is 4. The highest BCUT2D eigenvalue weighted by molar-refractivity contribution is 5.92. The quantitative estimate of drug-likeness (QED) is 0.581. The van der Waals surface area contributed by atoms with Crippen molar-refractivity contribution in [2.45, 2.75) is 27.2 Å². The maximum absolute atomic E-state index is 11.7. The second-order valence-electron chi connectivity index (χ2n) is 9.09. The number of para-hydroxylation sites is 1. The molecule has 7 heteroatoms. The molecule has 32 heavy (non-hydrogen) atoms. The molecule has 1 saturated heterocycles. The van der Waals surface area contributed by atoms with Crippen molar-refractivity contribution in [1.29, 1.82) is 0 Å². The van der Waals surface area contributed by atoms with Gasteiger partial charge in [-0.15, -0.1) is 0 Å². The normalized spacial score (nSPS) is 16.1. The molecular weight excluding hydrogens is 404 g/mol. The topological polar surface area (TPSA) is 89.8 Å². The zero-order valence-corrected chi connectivity index (χ0v) is 18.8. The van der Waals surface area contributed by atoms with Crippen molar-refractivity contribution >= 4 is 22.8 Å². The Morgan fingerprint density at radius 1 is 1.22 bits per heavy atom. The van der Waals surface area contributed by atoms with Gasteiger partial charge in [-0.2, -0.15) is 0 Å². The van der Waals surface area contributed by atoms with E-state index in [-0.39, 0.29) is 11.7 Å². The number of hydrogen-bond acceptors (Lipinski definition) is 5. The Morgan fingerprint density at radius 2 is 2.00 bits per heavy atom. The Hall–Kier alpha value is -3.35. The number of amides is 1. The van der Waals surface area contributed by atoms with Crippen molar-refractivity contribution in [1.82, 2.24) is 14.9 Å². The van der Waals surface area contributed by atoms with Gasteiger partial charge in [0.1, 0.15) is 11.6 Å². The fourth-order valence-corrected chi connectivity index (χ4v) is 4.40. The van der Waals surface area contributed by atoms with Crippen LogP contribution in [0.5, 0.6) is 5.75 Å². The predicted molar refractivity (Wildman–Crippen MR) is 126 cm³/mol. The highest BCUT2D eigenvalue weighted by Gasteiger charge is 2.29. The number of hydrogen-bond donors (Lipinski definition) is 2. The summed E-state index contributed by atoms with van der Waals surface area (Å²) in [5.41, 5.74) is 2.54. The van der Waals surface area contributed by atoms with Crippen LogP contribution in [0.4, 0.5) is 10.6 Å². The smallest absolute Gasteiger partial charge is 0.407 e. The highest BCUT2D eigenvalue weighted by Crippen LogP contribution is 2.34. The molecule has 7 nitrogen and oxygen atoms in total. The number of carbonyl (C=O) groups is 1. The molecule has 0 unspecified atom stereocenters. The van der Waals surface area contributed by atoms with E-state index in [1.807, 2.05) is 45.0 Å².